The summed E-state index contributed by atoms with van der Waals surface area (Å²) >= 11 is 0. The van der Waals surface area contributed by atoms with E-state index >= 15 is 0 Å². The van der Waals surface area contributed by atoms with Gasteiger partial charge >= 0.3 is 0 Å². The van der Waals surface area contributed by atoms with E-state index in [1.807, 2.05) is 55.5 Å². The van der Waals surface area contributed by atoms with Crippen LogP contribution >= 0.6 is 0 Å². The fourth-order valence-corrected chi connectivity index (χ4v) is 2.29. The fraction of sp³-hybridized carbons (Fsp3) is 0.278. The number of amides is 1. The zero-order valence-electron chi connectivity index (χ0n) is 13.1. The predicted molar refractivity (Wildman–Crippen MR) is 86.3 cm³/mol. The number of nitrogens with one attached hydrogen (secondary N) is 1. The van der Waals surface area contributed by atoms with Crippen molar-refractivity contribution in [1.29, 1.82) is 0 Å². The van der Waals surface area contributed by atoms with Gasteiger partial charge < -0.3 is 14.8 Å². The Hall–Kier alpha value is -2.33. The molecule has 4 nitrogen and oxygen atoms in total. The molecule has 0 aromatic heterocycles. The van der Waals surface area contributed by atoms with Crippen LogP contribution in [-0.2, 0) is 4.74 Å². The van der Waals surface area contributed by atoms with Crippen LogP contribution in [0.25, 0.3) is 0 Å². The van der Waals surface area contributed by atoms with Gasteiger partial charge in [0.05, 0.1) is 13.2 Å². The summed E-state index contributed by atoms with van der Waals surface area (Å²) in [6, 6.07) is 15.2. The Morgan fingerprint density at radius 3 is 2.59 bits per heavy atom. The van der Waals surface area contributed by atoms with Crippen LogP contribution in [0.4, 0.5) is 0 Å². The summed E-state index contributed by atoms with van der Waals surface area (Å²) in [5, 5.41) is 2.92. The summed E-state index contributed by atoms with van der Waals surface area (Å²) in [5.41, 5.74) is 2.60. The van der Waals surface area contributed by atoms with Crippen molar-refractivity contribution >= 4 is 5.91 Å². The molecule has 22 heavy (non-hydrogen) atoms. The molecule has 0 aliphatic carbocycles. The van der Waals surface area contributed by atoms with Crippen molar-refractivity contribution in [3.05, 3.63) is 65.2 Å². The molecule has 0 radical (unpaired) electrons. The second-order valence-corrected chi connectivity index (χ2v) is 5.03. The van der Waals surface area contributed by atoms with E-state index in [1.165, 1.54) is 0 Å². The molecule has 0 fully saturated rings. The molecule has 2 aromatic carbocycles. The van der Waals surface area contributed by atoms with Gasteiger partial charge in [-0.25, -0.2) is 0 Å². The molecule has 0 heterocycles. The second-order valence-electron chi connectivity index (χ2n) is 5.03. The van der Waals surface area contributed by atoms with Crippen LogP contribution in [0, 0.1) is 6.92 Å². The Morgan fingerprint density at radius 2 is 1.91 bits per heavy atom. The molecular weight excluding hydrogens is 278 g/mol. The average Bonchev–Trinajstić information content (AvgIpc) is 2.56. The summed E-state index contributed by atoms with van der Waals surface area (Å²) in [6.07, 6.45) is -0.219. The molecule has 2 aromatic rings. The van der Waals surface area contributed by atoms with Gasteiger partial charge in [-0.15, -0.1) is 0 Å². The maximum absolute atomic E-state index is 12.2. The SMILES string of the molecule is COc1cccc(C(CNC(=O)c2ccccc2C)OC)c1. The van der Waals surface area contributed by atoms with Crippen LogP contribution in [-0.4, -0.2) is 26.7 Å². The van der Waals surface area contributed by atoms with Crippen LogP contribution in [0.1, 0.15) is 27.6 Å². The number of rotatable bonds is 6. The standard InChI is InChI=1S/C18H21NO3/c1-13-7-4-5-10-16(13)18(20)19-12-17(22-3)14-8-6-9-15(11-14)21-2/h4-11,17H,12H2,1-3H3,(H,19,20). The number of hydrogen-bond acceptors (Lipinski definition) is 3. The van der Waals surface area contributed by atoms with E-state index in [0.717, 1.165) is 16.9 Å². The molecule has 0 bridgehead atoms. The van der Waals surface area contributed by atoms with E-state index in [4.69, 9.17) is 9.47 Å². The first-order valence-electron chi connectivity index (χ1n) is 7.16. The highest BCUT2D eigenvalue weighted by atomic mass is 16.5. The lowest BCUT2D eigenvalue weighted by Gasteiger charge is -2.17. The van der Waals surface area contributed by atoms with Crippen molar-refractivity contribution in [3.63, 3.8) is 0 Å². The molecule has 2 rings (SSSR count). The van der Waals surface area contributed by atoms with Gasteiger partial charge in [0.25, 0.3) is 5.91 Å². The van der Waals surface area contributed by atoms with E-state index in [2.05, 4.69) is 5.32 Å². The molecular formula is C18H21NO3. The largest absolute Gasteiger partial charge is 0.497 e. The number of hydrogen-bond donors (Lipinski definition) is 1. The fourth-order valence-electron chi connectivity index (χ4n) is 2.29. The van der Waals surface area contributed by atoms with Gasteiger partial charge in [-0.2, -0.15) is 0 Å². The van der Waals surface area contributed by atoms with Crippen LogP contribution in [0.5, 0.6) is 5.75 Å². The van der Waals surface area contributed by atoms with Gasteiger partial charge in [0.2, 0.25) is 0 Å². The van der Waals surface area contributed by atoms with E-state index in [1.54, 1.807) is 14.2 Å². The quantitative estimate of drug-likeness (QED) is 0.891. The molecule has 0 aliphatic rings. The summed E-state index contributed by atoms with van der Waals surface area (Å²) in [4.78, 5) is 12.2. The Bertz CT molecular complexity index is 640. The van der Waals surface area contributed by atoms with E-state index < -0.39 is 0 Å². The molecule has 0 spiro atoms. The van der Waals surface area contributed by atoms with E-state index in [-0.39, 0.29) is 12.0 Å². The minimum absolute atomic E-state index is 0.0944. The summed E-state index contributed by atoms with van der Waals surface area (Å²) < 4.78 is 10.7. The lowest BCUT2D eigenvalue weighted by atomic mass is 10.1. The summed E-state index contributed by atoms with van der Waals surface area (Å²) in [5.74, 6) is 0.674. The summed E-state index contributed by atoms with van der Waals surface area (Å²) in [7, 11) is 3.25. The molecule has 1 atom stereocenters. The molecule has 1 N–H and O–H groups in total. The maximum atomic E-state index is 12.2. The van der Waals surface area contributed by atoms with Gasteiger partial charge in [-0.1, -0.05) is 30.3 Å². The molecule has 4 heteroatoms. The zero-order chi connectivity index (χ0) is 15.9. The Labute approximate surface area is 131 Å². The lowest BCUT2D eigenvalue weighted by molar-refractivity contribution is 0.0827. The van der Waals surface area contributed by atoms with Gasteiger partial charge in [0.15, 0.2) is 0 Å². The molecule has 1 unspecified atom stereocenters. The van der Waals surface area contributed by atoms with E-state index in [9.17, 15) is 4.79 Å². The van der Waals surface area contributed by atoms with Crippen LogP contribution < -0.4 is 10.1 Å². The predicted octanol–water partition coefficient (Wildman–Crippen LogP) is 3.12. The van der Waals surface area contributed by atoms with Crippen molar-refractivity contribution < 1.29 is 14.3 Å². The maximum Gasteiger partial charge on any atom is 0.251 e. The number of benzene rings is 2. The Kier molecular flexibility index (Phi) is 5.55. The minimum atomic E-state index is -0.219. The number of aryl methyl sites for hydroxylation is 1. The van der Waals surface area contributed by atoms with Crippen molar-refractivity contribution in [2.24, 2.45) is 0 Å². The Balaban J connectivity index is 2.05. The highest BCUT2D eigenvalue weighted by Gasteiger charge is 2.14. The number of ether oxygens (including phenoxy) is 2. The monoisotopic (exact) mass is 299 g/mol. The first-order chi connectivity index (χ1) is 10.7. The van der Waals surface area contributed by atoms with Crippen LogP contribution in [0.2, 0.25) is 0 Å². The Morgan fingerprint density at radius 1 is 1.14 bits per heavy atom. The van der Waals surface area contributed by atoms with Crippen molar-refractivity contribution in [3.8, 4) is 5.75 Å². The number of carbonyl (C=O) groups excluding carboxylic acids is 1. The first kappa shape index (κ1) is 16.0. The minimum Gasteiger partial charge on any atom is -0.497 e. The smallest absolute Gasteiger partial charge is 0.251 e. The molecule has 1 amide bonds. The second kappa shape index (κ2) is 7.61. The lowest BCUT2D eigenvalue weighted by Crippen LogP contribution is -2.29. The van der Waals surface area contributed by atoms with Crippen molar-refractivity contribution in [2.75, 3.05) is 20.8 Å². The van der Waals surface area contributed by atoms with Crippen LogP contribution in [0.3, 0.4) is 0 Å². The highest BCUT2D eigenvalue weighted by molar-refractivity contribution is 5.95. The number of carbonyl (C=O) groups is 1. The average molecular weight is 299 g/mol. The third-order valence-corrected chi connectivity index (χ3v) is 3.59. The topological polar surface area (TPSA) is 47.6 Å². The molecule has 0 saturated carbocycles. The molecule has 116 valence electrons. The zero-order valence-corrected chi connectivity index (χ0v) is 13.1. The molecule has 0 saturated heterocycles. The van der Waals surface area contributed by atoms with Crippen molar-refractivity contribution in [1.82, 2.24) is 5.32 Å². The molecule has 0 aliphatic heterocycles. The third-order valence-electron chi connectivity index (χ3n) is 3.59. The van der Waals surface area contributed by atoms with Gasteiger partial charge in [0, 0.05) is 19.2 Å². The van der Waals surface area contributed by atoms with Crippen molar-refractivity contribution in [2.45, 2.75) is 13.0 Å². The first-order valence-corrected chi connectivity index (χ1v) is 7.16. The normalized spacial score (nSPS) is 11.8. The highest BCUT2D eigenvalue weighted by Crippen LogP contribution is 2.21. The van der Waals surface area contributed by atoms with Gasteiger partial charge in [0.1, 0.15) is 5.75 Å². The van der Waals surface area contributed by atoms with Gasteiger partial charge in [-0.3, -0.25) is 4.79 Å². The van der Waals surface area contributed by atoms with Gasteiger partial charge in [-0.05, 0) is 36.2 Å². The summed E-state index contributed by atoms with van der Waals surface area (Å²) in [6.45, 7) is 2.32. The van der Waals surface area contributed by atoms with E-state index in [0.29, 0.717) is 12.1 Å². The third kappa shape index (κ3) is 3.86. The van der Waals surface area contributed by atoms with Crippen LogP contribution in [0.15, 0.2) is 48.5 Å². The number of methoxy groups -OCH3 is 2.